The first-order valence-electron chi connectivity index (χ1n) is 9.40. The Morgan fingerprint density at radius 1 is 1.20 bits per heavy atom. The predicted molar refractivity (Wildman–Crippen MR) is 98.6 cm³/mol. The van der Waals surface area contributed by atoms with Gasteiger partial charge in [-0.15, -0.1) is 0 Å². The van der Waals surface area contributed by atoms with Gasteiger partial charge >= 0.3 is 0 Å². The number of rotatable bonds is 2. The van der Waals surface area contributed by atoms with Crippen LogP contribution in [0.4, 0.5) is 5.82 Å². The molecule has 3 aromatic heterocycles. The molecule has 0 radical (unpaired) electrons. The third-order valence-corrected chi connectivity index (χ3v) is 5.66. The molecule has 0 unspecified atom stereocenters. The molecule has 130 valence electrons. The van der Waals surface area contributed by atoms with Crippen molar-refractivity contribution in [2.45, 2.75) is 64.6 Å². The fraction of sp³-hybridized carbons (Fsp3) is 0.526. The standard InChI is InChI=1S/C19H24N6/c1-12(2)25-10-14-16(23-25)11-24(13-6-4-3-5-7-13)19-17-15(8-9-20-19)21-22-18(14)17/h8-10,12-13H,3-7,11H2,1-2H3,(H,21,22). The van der Waals surface area contributed by atoms with Gasteiger partial charge < -0.3 is 4.90 Å². The van der Waals surface area contributed by atoms with Crippen molar-refractivity contribution in [2.75, 3.05) is 4.90 Å². The molecule has 0 spiro atoms. The molecule has 1 aliphatic carbocycles. The highest BCUT2D eigenvalue weighted by molar-refractivity contribution is 6.02. The maximum atomic E-state index is 4.90. The van der Waals surface area contributed by atoms with Crippen molar-refractivity contribution in [3.05, 3.63) is 24.2 Å². The molecule has 6 heteroatoms. The molecular weight excluding hydrogens is 312 g/mol. The molecule has 0 aromatic carbocycles. The fourth-order valence-corrected chi connectivity index (χ4v) is 4.30. The first-order chi connectivity index (χ1) is 12.2. The Labute approximate surface area is 147 Å². The zero-order valence-electron chi connectivity index (χ0n) is 14.9. The zero-order valence-corrected chi connectivity index (χ0v) is 14.9. The summed E-state index contributed by atoms with van der Waals surface area (Å²) in [5, 5.41) is 13.9. The lowest BCUT2D eigenvalue weighted by Gasteiger charge is -2.34. The minimum absolute atomic E-state index is 0.345. The van der Waals surface area contributed by atoms with Gasteiger partial charge in [0.2, 0.25) is 0 Å². The van der Waals surface area contributed by atoms with E-state index in [2.05, 4.69) is 39.8 Å². The number of aromatic nitrogens is 5. The lowest BCUT2D eigenvalue weighted by molar-refractivity contribution is 0.409. The average Bonchev–Trinajstić information content (AvgIpc) is 3.21. The molecule has 3 aromatic rings. The van der Waals surface area contributed by atoms with E-state index in [0.717, 1.165) is 40.2 Å². The summed E-state index contributed by atoms with van der Waals surface area (Å²) >= 11 is 0. The highest BCUT2D eigenvalue weighted by Gasteiger charge is 2.31. The van der Waals surface area contributed by atoms with Crippen molar-refractivity contribution in [3.63, 3.8) is 0 Å². The van der Waals surface area contributed by atoms with Gasteiger partial charge in [-0.1, -0.05) is 19.3 Å². The number of pyridine rings is 1. The quantitative estimate of drug-likeness (QED) is 0.767. The smallest absolute Gasteiger partial charge is 0.140 e. The maximum Gasteiger partial charge on any atom is 0.140 e. The van der Waals surface area contributed by atoms with Crippen molar-refractivity contribution in [2.24, 2.45) is 0 Å². The Balaban J connectivity index is 1.73. The van der Waals surface area contributed by atoms with E-state index in [0.29, 0.717) is 12.1 Å². The summed E-state index contributed by atoms with van der Waals surface area (Å²) in [4.78, 5) is 7.27. The van der Waals surface area contributed by atoms with E-state index in [4.69, 9.17) is 10.1 Å². The number of hydrogen-bond donors (Lipinski definition) is 1. The second-order valence-corrected chi connectivity index (χ2v) is 7.61. The van der Waals surface area contributed by atoms with Crippen molar-refractivity contribution in [3.8, 4) is 11.3 Å². The van der Waals surface area contributed by atoms with Crippen LogP contribution in [0, 0.1) is 0 Å². The van der Waals surface area contributed by atoms with Gasteiger partial charge in [-0.2, -0.15) is 10.2 Å². The van der Waals surface area contributed by atoms with Gasteiger partial charge in [0, 0.05) is 30.0 Å². The van der Waals surface area contributed by atoms with Crippen LogP contribution in [0.3, 0.4) is 0 Å². The molecule has 2 aliphatic rings. The molecule has 1 aliphatic heterocycles. The van der Waals surface area contributed by atoms with Crippen molar-refractivity contribution in [1.29, 1.82) is 0 Å². The van der Waals surface area contributed by atoms with Gasteiger partial charge in [0.1, 0.15) is 11.5 Å². The zero-order chi connectivity index (χ0) is 17.0. The van der Waals surface area contributed by atoms with Crippen LogP contribution in [0.5, 0.6) is 0 Å². The van der Waals surface area contributed by atoms with E-state index in [1.54, 1.807) is 0 Å². The van der Waals surface area contributed by atoms with Crippen molar-refractivity contribution < 1.29 is 0 Å². The Morgan fingerprint density at radius 3 is 2.84 bits per heavy atom. The summed E-state index contributed by atoms with van der Waals surface area (Å²) in [6, 6.07) is 2.91. The van der Waals surface area contributed by atoms with E-state index in [-0.39, 0.29) is 0 Å². The maximum absolute atomic E-state index is 4.90. The lowest BCUT2D eigenvalue weighted by atomic mass is 9.94. The van der Waals surface area contributed by atoms with Crippen LogP contribution in [-0.2, 0) is 6.54 Å². The van der Waals surface area contributed by atoms with Crippen LogP contribution in [-0.4, -0.2) is 31.0 Å². The molecule has 0 bridgehead atoms. The molecule has 0 amide bonds. The van der Waals surface area contributed by atoms with Gasteiger partial charge in [-0.3, -0.25) is 9.78 Å². The van der Waals surface area contributed by atoms with E-state index < -0.39 is 0 Å². The third-order valence-electron chi connectivity index (χ3n) is 5.66. The highest BCUT2D eigenvalue weighted by atomic mass is 15.3. The third kappa shape index (κ3) is 2.27. The van der Waals surface area contributed by atoms with E-state index >= 15 is 0 Å². The second kappa shape index (κ2) is 5.58. The van der Waals surface area contributed by atoms with Crippen LogP contribution >= 0.6 is 0 Å². The van der Waals surface area contributed by atoms with Gasteiger partial charge in [0.05, 0.1) is 23.1 Å². The van der Waals surface area contributed by atoms with Crippen LogP contribution in [0.1, 0.15) is 57.7 Å². The molecule has 1 N–H and O–H groups in total. The van der Waals surface area contributed by atoms with Gasteiger partial charge in [0.25, 0.3) is 0 Å². The van der Waals surface area contributed by atoms with Crippen molar-refractivity contribution in [1.82, 2.24) is 25.0 Å². The molecule has 0 atom stereocenters. The molecule has 0 saturated heterocycles. The Hall–Kier alpha value is -2.37. The number of aromatic amines is 1. The number of fused-ring (bicyclic) bond motifs is 2. The molecule has 6 nitrogen and oxygen atoms in total. The average molecular weight is 336 g/mol. The number of H-pyrrole nitrogens is 1. The van der Waals surface area contributed by atoms with Crippen LogP contribution in [0.15, 0.2) is 18.5 Å². The number of hydrogen-bond acceptors (Lipinski definition) is 4. The Kier molecular flexibility index (Phi) is 3.33. The SMILES string of the molecule is CC(C)n1cc2c(n1)CN(C1CCCCC1)c1nccc3[nH]nc-2c13. The van der Waals surface area contributed by atoms with E-state index in [1.165, 1.54) is 32.1 Å². The largest absolute Gasteiger partial charge is 0.347 e. The van der Waals surface area contributed by atoms with Crippen LogP contribution in [0.2, 0.25) is 0 Å². The topological polar surface area (TPSA) is 62.6 Å². The first kappa shape index (κ1) is 14.9. The minimum Gasteiger partial charge on any atom is -0.347 e. The summed E-state index contributed by atoms with van der Waals surface area (Å²) in [6.45, 7) is 5.16. The fourth-order valence-electron chi connectivity index (χ4n) is 4.30. The normalized spacial score (nSPS) is 18.0. The molecule has 5 rings (SSSR count). The predicted octanol–water partition coefficient (Wildman–Crippen LogP) is 4.06. The Bertz CT molecular complexity index is 915. The van der Waals surface area contributed by atoms with Crippen LogP contribution < -0.4 is 4.90 Å². The van der Waals surface area contributed by atoms with E-state index in [9.17, 15) is 0 Å². The number of anilines is 1. The van der Waals surface area contributed by atoms with Crippen LogP contribution in [0.25, 0.3) is 22.2 Å². The summed E-state index contributed by atoms with van der Waals surface area (Å²) in [6.07, 6.45) is 10.5. The summed E-state index contributed by atoms with van der Waals surface area (Å²) in [5.74, 6) is 1.07. The monoisotopic (exact) mass is 336 g/mol. The summed E-state index contributed by atoms with van der Waals surface area (Å²) < 4.78 is 2.06. The molecule has 4 heterocycles. The molecular formula is C19H24N6. The molecule has 1 saturated carbocycles. The van der Waals surface area contributed by atoms with Gasteiger partial charge in [0.15, 0.2) is 0 Å². The minimum atomic E-state index is 0.345. The summed E-state index contributed by atoms with van der Waals surface area (Å²) in [7, 11) is 0. The Morgan fingerprint density at radius 2 is 2.04 bits per heavy atom. The lowest BCUT2D eigenvalue weighted by Crippen LogP contribution is -2.37. The molecule has 1 fully saturated rings. The number of nitrogens with zero attached hydrogens (tertiary/aromatic N) is 5. The van der Waals surface area contributed by atoms with Crippen molar-refractivity contribution >= 4 is 16.7 Å². The number of nitrogens with one attached hydrogen (secondary N) is 1. The summed E-state index contributed by atoms with van der Waals surface area (Å²) in [5.41, 5.74) is 4.32. The first-order valence-corrected chi connectivity index (χ1v) is 9.40. The molecule has 25 heavy (non-hydrogen) atoms. The highest BCUT2D eigenvalue weighted by Crippen LogP contribution is 2.41. The second-order valence-electron chi connectivity index (χ2n) is 7.61. The van der Waals surface area contributed by atoms with Gasteiger partial charge in [-0.05, 0) is 32.8 Å². The van der Waals surface area contributed by atoms with Gasteiger partial charge in [-0.25, -0.2) is 4.98 Å². The van der Waals surface area contributed by atoms with E-state index in [1.807, 2.05) is 12.3 Å².